The number of aromatic nitrogens is 3. The van der Waals surface area contributed by atoms with Gasteiger partial charge in [-0.2, -0.15) is 4.98 Å². The van der Waals surface area contributed by atoms with E-state index in [1.807, 2.05) is 15.9 Å². The summed E-state index contributed by atoms with van der Waals surface area (Å²) in [5, 5.41) is 9.25. The van der Waals surface area contributed by atoms with E-state index in [-0.39, 0.29) is 11.6 Å². The van der Waals surface area contributed by atoms with Crippen LogP contribution in [0.3, 0.4) is 0 Å². The number of carbonyl (C=O) groups excluding carboxylic acids is 2. The molecule has 34 heavy (non-hydrogen) atoms. The van der Waals surface area contributed by atoms with Crippen LogP contribution >= 0.6 is 23.2 Å². The number of likely N-dealkylation sites (tertiary alicyclic amines) is 1. The van der Waals surface area contributed by atoms with Gasteiger partial charge in [-0.05, 0) is 43.6 Å². The van der Waals surface area contributed by atoms with Gasteiger partial charge in [0.15, 0.2) is 11.5 Å². The van der Waals surface area contributed by atoms with E-state index in [9.17, 15) is 9.59 Å². The highest BCUT2D eigenvalue weighted by Crippen LogP contribution is 2.25. The Morgan fingerprint density at radius 3 is 2.41 bits per heavy atom. The molecule has 3 heterocycles. The fourth-order valence-corrected chi connectivity index (χ4v) is 4.71. The molecule has 2 fully saturated rings. The molecular weight excluding hydrogens is 479 g/mol. The molecule has 1 aromatic carbocycles. The molecule has 4 rings (SSSR count). The Labute approximate surface area is 208 Å². The first-order valence-corrected chi connectivity index (χ1v) is 12.0. The molecule has 2 N–H and O–H groups in total. The number of nitrogens with two attached hydrogens (primary N) is 1. The average molecular weight is 507 g/mol. The van der Waals surface area contributed by atoms with Gasteiger partial charge in [0.1, 0.15) is 0 Å². The molecule has 12 heteroatoms. The van der Waals surface area contributed by atoms with Crippen LogP contribution in [0, 0.1) is 0 Å². The lowest BCUT2D eigenvalue weighted by Gasteiger charge is -2.35. The smallest absolute Gasteiger partial charge is 0.273 e. The van der Waals surface area contributed by atoms with Crippen molar-refractivity contribution < 1.29 is 9.59 Å². The third kappa shape index (κ3) is 5.68. The summed E-state index contributed by atoms with van der Waals surface area (Å²) in [7, 11) is 1.78. The zero-order valence-electron chi connectivity index (χ0n) is 19.1. The van der Waals surface area contributed by atoms with E-state index in [4.69, 9.17) is 28.9 Å². The van der Waals surface area contributed by atoms with Crippen molar-refractivity contribution in [3.8, 4) is 0 Å². The summed E-state index contributed by atoms with van der Waals surface area (Å²) in [6.45, 7) is 5.16. The fraction of sp³-hybridized carbons (Fsp3) is 0.500. The molecule has 2 saturated heterocycles. The maximum absolute atomic E-state index is 12.6. The first-order chi connectivity index (χ1) is 16.3. The van der Waals surface area contributed by atoms with E-state index in [1.54, 1.807) is 24.1 Å². The van der Waals surface area contributed by atoms with Crippen LogP contribution in [0.2, 0.25) is 10.0 Å². The van der Waals surface area contributed by atoms with E-state index in [2.05, 4.69) is 20.1 Å². The van der Waals surface area contributed by atoms with E-state index in [0.29, 0.717) is 61.1 Å². The number of hydrogen-bond donors (Lipinski definition) is 1. The number of hydrogen-bond acceptors (Lipinski definition) is 8. The highest BCUT2D eigenvalue weighted by atomic mass is 35.5. The van der Waals surface area contributed by atoms with Gasteiger partial charge in [-0.15, -0.1) is 10.2 Å². The Hall–Kier alpha value is -2.69. The fourth-order valence-electron chi connectivity index (χ4n) is 4.24. The number of nitrogens with zero attached hydrogens (tertiary/aromatic N) is 7. The van der Waals surface area contributed by atoms with Crippen molar-refractivity contribution in [3.63, 3.8) is 0 Å². The number of halogens is 2. The summed E-state index contributed by atoms with van der Waals surface area (Å²) in [6.07, 6.45) is 2.32. The number of rotatable bonds is 7. The molecule has 0 bridgehead atoms. The van der Waals surface area contributed by atoms with Crippen molar-refractivity contribution in [2.24, 2.45) is 5.73 Å². The SMILES string of the molecule is CN(Cc1ccc(Cl)cc1Cl)c1nc(N2CCN(C(=O)CN3CCCC3)CC2)nnc1C(N)=O. The minimum Gasteiger partial charge on any atom is -0.364 e. The van der Waals surface area contributed by atoms with Crippen LogP contribution in [0.5, 0.6) is 0 Å². The first kappa shape index (κ1) is 24.4. The summed E-state index contributed by atoms with van der Waals surface area (Å²) in [5.41, 5.74) is 6.33. The van der Waals surface area contributed by atoms with Crippen LogP contribution in [-0.4, -0.2) is 89.7 Å². The summed E-state index contributed by atoms with van der Waals surface area (Å²) in [5.74, 6) is 0.148. The predicted molar refractivity (Wildman–Crippen MR) is 131 cm³/mol. The maximum Gasteiger partial charge on any atom is 0.273 e. The molecule has 0 unspecified atom stereocenters. The maximum atomic E-state index is 12.6. The van der Waals surface area contributed by atoms with Gasteiger partial charge in [-0.3, -0.25) is 14.5 Å². The number of carbonyl (C=O) groups is 2. The van der Waals surface area contributed by atoms with Crippen LogP contribution in [0.25, 0.3) is 0 Å². The molecule has 2 amide bonds. The Balaban J connectivity index is 1.45. The standard InChI is InChI=1S/C22H28Cl2N8O2/c1-29(13-15-4-5-16(23)12-17(15)24)21-19(20(25)34)27-28-22(26-21)32-10-8-31(9-11-32)18(33)14-30-6-2-3-7-30/h4-5,12H,2-3,6-11,13-14H2,1H3,(H2,25,34). The predicted octanol–water partition coefficient (Wildman–Crippen LogP) is 1.66. The first-order valence-electron chi connectivity index (χ1n) is 11.3. The van der Waals surface area contributed by atoms with Gasteiger partial charge in [0.25, 0.3) is 5.91 Å². The quantitative estimate of drug-likeness (QED) is 0.603. The summed E-state index contributed by atoms with van der Waals surface area (Å²) >= 11 is 12.3. The van der Waals surface area contributed by atoms with Gasteiger partial charge in [0, 0.05) is 49.8 Å². The van der Waals surface area contributed by atoms with E-state index >= 15 is 0 Å². The van der Waals surface area contributed by atoms with Crippen LogP contribution in [0.1, 0.15) is 28.9 Å². The summed E-state index contributed by atoms with van der Waals surface area (Å²) < 4.78 is 0. The third-order valence-electron chi connectivity index (χ3n) is 6.15. The second-order valence-corrected chi connectivity index (χ2v) is 9.43. The van der Waals surface area contributed by atoms with Crippen LogP contribution in [-0.2, 0) is 11.3 Å². The zero-order chi connectivity index (χ0) is 24.2. The highest BCUT2D eigenvalue weighted by Gasteiger charge is 2.27. The summed E-state index contributed by atoms with van der Waals surface area (Å²) in [6, 6.07) is 5.23. The van der Waals surface area contributed by atoms with Gasteiger partial charge in [0.05, 0.1) is 6.54 Å². The topological polar surface area (TPSA) is 112 Å². The number of piperazine rings is 1. The minimum absolute atomic E-state index is 0.0178. The second kappa shape index (κ2) is 10.7. The van der Waals surface area contributed by atoms with Crippen molar-refractivity contribution in [1.82, 2.24) is 25.0 Å². The Morgan fingerprint density at radius 1 is 1.06 bits per heavy atom. The van der Waals surface area contributed by atoms with Gasteiger partial charge in [-0.1, -0.05) is 29.3 Å². The molecule has 10 nitrogen and oxygen atoms in total. The van der Waals surface area contributed by atoms with Crippen molar-refractivity contribution in [2.45, 2.75) is 19.4 Å². The van der Waals surface area contributed by atoms with Crippen molar-refractivity contribution in [2.75, 3.05) is 62.7 Å². The van der Waals surface area contributed by atoms with E-state index in [0.717, 1.165) is 31.5 Å². The Morgan fingerprint density at radius 2 is 1.76 bits per heavy atom. The molecular formula is C22H28Cl2N8O2. The Kier molecular flexibility index (Phi) is 7.70. The molecule has 2 aliphatic rings. The lowest BCUT2D eigenvalue weighted by Crippen LogP contribution is -2.51. The molecule has 0 aliphatic carbocycles. The second-order valence-electron chi connectivity index (χ2n) is 8.59. The molecule has 2 aliphatic heterocycles. The molecule has 2 aromatic rings. The number of benzene rings is 1. The van der Waals surface area contributed by atoms with Gasteiger partial charge < -0.3 is 20.4 Å². The van der Waals surface area contributed by atoms with Gasteiger partial charge in [-0.25, -0.2) is 0 Å². The van der Waals surface area contributed by atoms with Crippen molar-refractivity contribution in [3.05, 3.63) is 39.5 Å². The zero-order valence-corrected chi connectivity index (χ0v) is 20.6. The van der Waals surface area contributed by atoms with Gasteiger partial charge in [0.2, 0.25) is 11.9 Å². The summed E-state index contributed by atoms with van der Waals surface area (Å²) in [4.78, 5) is 37.0. The number of primary amides is 1. The number of amides is 2. The van der Waals surface area contributed by atoms with E-state index < -0.39 is 5.91 Å². The highest BCUT2D eigenvalue weighted by molar-refractivity contribution is 6.35. The molecule has 1 aromatic heterocycles. The molecule has 0 radical (unpaired) electrons. The average Bonchev–Trinajstić information content (AvgIpc) is 3.33. The van der Waals surface area contributed by atoms with E-state index in [1.165, 1.54) is 0 Å². The monoisotopic (exact) mass is 506 g/mol. The van der Waals surface area contributed by atoms with Gasteiger partial charge >= 0.3 is 0 Å². The number of anilines is 2. The third-order valence-corrected chi connectivity index (χ3v) is 6.73. The largest absolute Gasteiger partial charge is 0.364 e. The van der Waals surface area contributed by atoms with Crippen LogP contribution < -0.4 is 15.5 Å². The normalized spacial score (nSPS) is 16.7. The van der Waals surface area contributed by atoms with Crippen LogP contribution in [0.15, 0.2) is 18.2 Å². The van der Waals surface area contributed by atoms with Crippen molar-refractivity contribution in [1.29, 1.82) is 0 Å². The Bertz CT molecular complexity index is 1060. The van der Waals surface area contributed by atoms with Crippen molar-refractivity contribution >= 4 is 46.8 Å². The van der Waals surface area contributed by atoms with Crippen LogP contribution in [0.4, 0.5) is 11.8 Å². The lowest BCUT2D eigenvalue weighted by molar-refractivity contribution is -0.132. The lowest BCUT2D eigenvalue weighted by atomic mass is 10.2. The minimum atomic E-state index is -0.715. The molecule has 182 valence electrons. The molecule has 0 atom stereocenters. The molecule has 0 spiro atoms. The molecule has 0 saturated carbocycles.